The van der Waals surface area contributed by atoms with Gasteiger partial charge in [0.25, 0.3) is 0 Å². The number of ether oxygens (including phenoxy) is 2. The summed E-state index contributed by atoms with van der Waals surface area (Å²) in [5, 5.41) is 0.573. The van der Waals surface area contributed by atoms with E-state index in [9.17, 15) is 9.59 Å². The Labute approximate surface area is 186 Å². The number of para-hydroxylation sites is 1. The van der Waals surface area contributed by atoms with Gasteiger partial charge in [-0.1, -0.05) is 41.6 Å². The number of amides is 1. The van der Waals surface area contributed by atoms with E-state index < -0.39 is 0 Å². The van der Waals surface area contributed by atoms with Crippen LogP contribution >= 0.6 is 23.4 Å². The molecule has 1 aliphatic heterocycles. The second-order valence-corrected chi connectivity index (χ2v) is 8.41. The summed E-state index contributed by atoms with van der Waals surface area (Å²) in [6, 6.07) is 13.5. The molecule has 1 aliphatic rings. The van der Waals surface area contributed by atoms with E-state index in [4.69, 9.17) is 21.1 Å². The van der Waals surface area contributed by atoms with Gasteiger partial charge >= 0.3 is 5.97 Å². The summed E-state index contributed by atoms with van der Waals surface area (Å²) in [5.74, 6) is 0.410. The molecule has 1 amide bonds. The largest absolute Gasteiger partial charge is 0.496 e. The zero-order chi connectivity index (χ0) is 21.5. The van der Waals surface area contributed by atoms with Crippen molar-refractivity contribution in [2.24, 2.45) is 5.92 Å². The SMILES string of the molecule is COC(=O)C1CCN(C(=O)C=Cc2ccc(Sc3ccccc3OC)cc2Cl)CC1. The minimum Gasteiger partial charge on any atom is -0.496 e. The fraction of sp³-hybridized carbons (Fsp3) is 0.304. The molecule has 2 aromatic carbocycles. The normalized spacial score (nSPS) is 14.7. The predicted molar refractivity (Wildman–Crippen MR) is 119 cm³/mol. The monoisotopic (exact) mass is 445 g/mol. The van der Waals surface area contributed by atoms with Gasteiger partial charge in [-0.15, -0.1) is 0 Å². The first-order valence-electron chi connectivity index (χ1n) is 9.67. The third-order valence-electron chi connectivity index (χ3n) is 5.02. The second kappa shape index (κ2) is 10.5. The molecule has 0 saturated carbocycles. The van der Waals surface area contributed by atoms with E-state index in [1.807, 2.05) is 42.5 Å². The van der Waals surface area contributed by atoms with E-state index in [0.29, 0.717) is 31.0 Å². The van der Waals surface area contributed by atoms with E-state index in [-0.39, 0.29) is 17.8 Å². The predicted octanol–water partition coefficient (Wildman–Crippen LogP) is 4.92. The molecule has 7 heteroatoms. The van der Waals surface area contributed by atoms with E-state index in [1.165, 1.54) is 13.2 Å². The van der Waals surface area contributed by atoms with Gasteiger partial charge < -0.3 is 14.4 Å². The van der Waals surface area contributed by atoms with Crippen LogP contribution < -0.4 is 4.74 Å². The van der Waals surface area contributed by atoms with Crippen LogP contribution in [0.4, 0.5) is 0 Å². The summed E-state index contributed by atoms with van der Waals surface area (Å²) in [4.78, 5) is 27.8. The van der Waals surface area contributed by atoms with Crippen LogP contribution in [0, 0.1) is 5.92 Å². The number of carbonyl (C=O) groups is 2. The minimum atomic E-state index is -0.199. The summed E-state index contributed by atoms with van der Waals surface area (Å²) in [7, 11) is 3.04. The lowest BCUT2D eigenvalue weighted by atomic mass is 9.97. The molecule has 0 radical (unpaired) electrons. The molecule has 0 atom stereocenters. The van der Waals surface area contributed by atoms with E-state index in [0.717, 1.165) is 21.1 Å². The molecule has 5 nitrogen and oxygen atoms in total. The Morgan fingerprint density at radius 3 is 2.53 bits per heavy atom. The van der Waals surface area contributed by atoms with Crippen molar-refractivity contribution >= 4 is 41.3 Å². The number of likely N-dealkylation sites (tertiary alicyclic amines) is 1. The van der Waals surface area contributed by atoms with Gasteiger partial charge in [0.1, 0.15) is 5.75 Å². The number of benzene rings is 2. The highest BCUT2D eigenvalue weighted by molar-refractivity contribution is 7.99. The van der Waals surface area contributed by atoms with Crippen LogP contribution in [0.2, 0.25) is 5.02 Å². The van der Waals surface area contributed by atoms with Crippen molar-refractivity contribution in [3.63, 3.8) is 0 Å². The van der Waals surface area contributed by atoms with Crippen molar-refractivity contribution in [3.05, 3.63) is 59.1 Å². The molecule has 0 aromatic heterocycles. The van der Waals surface area contributed by atoms with Gasteiger partial charge in [0.15, 0.2) is 0 Å². The van der Waals surface area contributed by atoms with Crippen LogP contribution in [-0.2, 0) is 14.3 Å². The Morgan fingerprint density at radius 1 is 1.13 bits per heavy atom. The number of methoxy groups -OCH3 is 2. The molecule has 1 heterocycles. The molecule has 3 rings (SSSR count). The van der Waals surface area contributed by atoms with Crippen LogP contribution in [-0.4, -0.2) is 44.1 Å². The third kappa shape index (κ3) is 5.58. The van der Waals surface area contributed by atoms with Gasteiger partial charge in [0.2, 0.25) is 5.91 Å². The molecule has 0 unspecified atom stereocenters. The molecular formula is C23H24ClNO4S. The molecule has 0 aliphatic carbocycles. The first-order valence-corrected chi connectivity index (χ1v) is 10.9. The van der Waals surface area contributed by atoms with Crippen molar-refractivity contribution < 1.29 is 19.1 Å². The maximum atomic E-state index is 12.5. The zero-order valence-electron chi connectivity index (χ0n) is 17.0. The second-order valence-electron chi connectivity index (χ2n) is 6.89. The lowest BCUT2D eigenvalue weighted by Crippen LogP contribution is -2.39. The lowest BCUT2D eigenvalue weighted by Gasteiger charge is -2.29. The van der Waals surface area contributed by atoms with Crippen molar-refractivity contribution in [1.29, 1.82) is 0 Å². The first kappa shape index (κ1) is 22.2. The number of nitrogens with zero attached hydrogens (tertiary/aromatic N) is 1. The number of carbonyl (C=O) groups excluding carboxylic acids is 2. The lowest BCUT2D eigenvalue weighted by molar-refractivity contribution is -0.148. The minimum absolute atomic E-state index is 0.0816. The number of hydrogen-bond acceptors (Lipinski definition) is 5. The molecule has 1 saturated heterocycles. The molecule has 0 N–H and O–H groups in total. The Hall–Kier alpha value is -2.44. The van der Waals surface area contributed by atoms with Crippen LogP contribution in [0.5, 0.6) is 5.75 Å². The standard InChI is InChI=1S/C23H24ClNO4S/c1-28-20-5-3-4-6-21(20)30-18-9-7-16(19(24)15-18)8-10-22(26)25-13-11-17(12-14-25)23(27)29-2/h3-10,15,17H,11-14H2,1-2H3. The maximum Gasteiger partial charge on any atom is 0.308 e. The molecule has 0 bridgehead atoms. The number of hydrogen-bond donors (Lipinski definition) is 0. The molecule has 2 aromatic rings. The maximum absolute atomic E-state index is 12.5. The fourth-order valence-corrected chi connectivity index (χ4v) is 4.58. The van der Waals surface area contributed by atoms with Gasteiger partial charge in [-0.3, -0.25) is 9.59 Å². The summed E-state index contributed by atoms with van der Waals surface area (Å²) in [5.41, 5.74) is 0.777. The van der Waals surface area contributed by atoms with Crippen molar-refractivity contribution in [1.82, 2.24) is 4.90 Å². The first-order chi connectivity index (χ1) is 14.5. The van der Waals surface area contributed by atoms with Gasteiger partial charge in [0.05, 0.1) is 25.0 Å². The molecule has 158 valence electrons. The summed E-state index contributed by atoms with van der Waals surface area (Å²) in [6.45, 7) is 1.09. The van der Waals surface area contributed by atoms with Gasteiger partial charge in [-0.2, -0.15) is 0 Å². The van der Waals surface area contributed by atoms with Crippen LogP contribution in [0.1, 0.15) is 18.4 Å². The fourth-order valence-electron chi connectivity index (χ4n) is 3.31. The van der Waals surface area contributed by atoms with Crippen LogP contribution in [0.25, 0.3) is 6.08 Å². The van der Waals surface area contributed by atoms with Crippen LogP contribution in [0.3, 0.4) is 0 Å². The molecule has 30 heavy (non-hydrogen) atoms. The van der Waals surface area contributed by atoms with Gasteiger partial charge in [-0.25, -0.2) is 0 Å². The summed E-state index contributed by atoms with van der Waals surface area (Å²) < 4.78 is 10.2. The van der Waals surface area contributed by atoms with Gasteiger partial charge in [-0.05, 0) is 48.7 Å². The van der Waals surface area contributed by atoms with Crippen molar-refractivity contribution in [2.75, 3.05) is 27.3 Å². The molecule has 0 spiro atoms. The number of piperidine rings is 1. The topological polar surface area (TPSA) is 55.8 Å². The highest BCUT2D eigenvalue weighted by atomic mass is 35.5. The highest BCUT2D eigenvalue weighted by Crippen LogP contribution is 2.36. The Kier molecular flexibility index (Phi) is 7.82. The van der Waals surface area contributed by atoms with Gasteiger partial charge in [0, 0.05) is 29.1 Å². The Bertz CT molecular complexity index is 939. The molecular weight excluding hydrogens is 422 g/mol. The Balaban J connectivity index is 1.61. The Morgan fingerprint density at radius 2 is 1.87 bits per heavy atom. The van der Waals surface area contributed by atoms with Crippen molar-refractivity contribution in [2.45, 2.75) is 22.6 Å². The summed E-state index contributed by atoms with van der Waals surface area (Å²) in [6.07, 6.45) is 4.52. The summed E-state index contributed by atoms with van der Waals surface area (Å²) >= 11 is 8.00. The number of esters is 1. The highest BCUT2D eigenvalue weighted by Gasteiger charge is 2.27. The quantitative estimate of drug-likeness (QED) is 0.466. The van der Waals surface area contributed by atoms with Crippen molar-refractivity contribution in [3.8, 4) is 5.75 Å². The smallest absolute Gasteiger partial charge is 0.308 e. The molecule has 1 fully saturated rings. The average Bonchev–Trinajstić information content (AvgIpc) is 2.78. The zero-order valence-corrected chi connectivity index (χ0v) is 18.5. The number of halogens is 1. The average molecular weight is 446 g/mol. The van der Waals surface area contributed by atoms with E-state index in [1.54, 1.807) is 29.8 Å². The van der Waals surface area contributed by atoms with Crippen LogP contribution in [0.15, 0.2) is 58.3 Å². The van der Waals surface area contributed by atoms with E-state index >= 15 is 0 Å². The number of rotatable bonds is 6. The third-order valence-corrected chi connectivity index (χ3v) is 6.39. The van der Waals surface area contributed by atoms with E-state index in [2.05, 4.69) is 0 Å².